The van der Waals surface area contributed by atoms with E-state index < -0.39 is 33.1 Å². The summed E-state index contributed by atoms with van der Waals surface area (Å²) in [5.74, 6) is -0.558. The molecule has 11 heavy (non-hydrogen) atoms. The van der Waals surface area contributed by atoms with E-state index in [0.717, 1.165) is 0 Å². The van der Waals surface area contributed by atoms with Crippen LogP contribution in [0.3, 0.4) is 0 Å². The molecule has 0 bridgehead atoms. The molecule has 0 aromatic carbocycles. The van der Waals surface area contributed by atoms with Gasteiger partial charge in [0, 0.05) is 6.04 Å². The molecule has 0 radical (unpaired) electrons. The van der Waals surface area contributed by atoms with E-state index in [1.165, 1.54) is 0 Å². The minimum Gasteiger partial charge on any atom is -0.325 e. The number of hydrogen-bond acceptors (Lipinski definition) is 3. The van der Waals surface area contributed by atoms with Crippen LogP contribution in [0.4, 0.5) is 13.2 Å². The fourth-order valence-electron chi connectivity index (χ4n) is 1.05. The van der Waals surface area contributed by atoms with Crippen LogP contribution in [0.15, 0.2) is 0 Å². The summed E-state index contributed by atoms with van der Waals surface area (Å²) in [6.45, 7) is 0. The molecule has 3 nitrogen and oxygen atoms in total. The normalized spacial score (nSPS) is 36.4. The highest BCUT2D eigenvalue weighted by Gasteiger charge is 2.59. The lowest BCUT2D eigenvalue weighted by Gasteiger charge is -2.34. The van der Waals surface area contributed by atoms with Gasteiger partial charge in [-0.1, -0.05) is 0 Å². The molecule has 66 valence electrons. The van der Waals surface area contributed by atoms with Crippen LogP contribution >= 0.6 is 0 Å². The lowest BCUT2D eigenvalue weighted by Crippen LogP contribution is -2.63. The number of rotatable bonds is 0. The van der Waals surface area contributed by atoms with Crippen LogP contribution in [0.25, 0.3) is 0 Å². The molecule has 0 saturated carbocycles. The molecule has 0 aromatic heterocycles. The second kappa shape index (κ2) is 2.10. The maximum atomic E-state index is 11.8. The van der Waals surface area contributed by atoms with Crippen molar-refractivity contribution in [3.63, 3.8) is 0 Å². The zero-order chi connectivity index (χ0) is 8.86. The first-order valence-corrected chi connectivity index (χ1v) is 4.50. The Morgan fingerprint density at radius 1 is 1.36 bits per heavy atom. The van der Waals surface area contributed by atoms with Crippen molar-refractivity contribution < 1.29 is 21.6 Å². The number of alkyl halides is 3. The highest BCUT2D eigenvalue weighted by molar-refractivity contribution is 7.93. The fourth-order valence-corrected chi connectivity index (χ4v) is 2.66. The molecule has 1 aliphatic rings. The first kappa shape index (κ1) is 8.79. The van der Waals surface area contributed by atoms with E-state index in [1.807, 2.05) is 0 Å². The van der Waals surface area contributed by atoms with Gasteiger partial charge in [-0.05, 0) is 0 Å². The summed E-state index contributed by atoms with van der Waals surface area (Å²) in [6, 6.07) is -1.28. The van der Waals surface area contributed by atoms with Gasteiger partial charge >= 0.3 is 6.18 Å². The van der Waals surface area contributed by atoms with E-state index in [2.05, 4.69) is 0 Å². The summed E-state index contributed by atoms with van der Waals surface area (Å²) in [5.41, 5.74) is 4.89. The zero-order valence-corrected chi connectivity index (χ0v) is 6.11. The topological polar surface area (TPSA) is 60.2 Å². The van der Waals surface area contributed by atoms with Crippen LogP contribution in [0, 0.1) is 0 Å². The van der Waals surface area contributed by atoms with Crippen LogP contribution in [0.1, 0.15) is 0 Å². The van der Waals surface area contributed by atoms with E-state index >= 15 is 0 Å². The summed E-state index contributed by atoms with van der Waals surface area (Å²) in [4.78, 5) is 0. The van der Waals surface area contributed by atoms with Gasteiger partial charge in [-0.3, -0.25) is 0 Å². The van der Waals surface area contributed by atoms with Crippen molar-refractivity contribution in [2.45, 2.75) is 17.5 Å². The molecule has 1 heterocycles. The molecule has 1 rings (SSSR count). The standard InChI is InChI=1S/C4H6F3NO2S/c5-4(6,7)3-2(8)1-11(3,9)10/h2-3H,1,8H2. The van der Waals surface area contributed by atoms with E-state index in [0.29, 0.717) is 0 Å². The van der Waals surface area contributed by atoms with Gasteiger partial charge in [0.25, 0.3) is 0 Å². The van der Waals surface area contributed by atoms with Crippen LogP contribution in [-0.2, 0) is 9.84 Å². The highest BCUT2D eigenvalue weighted by Crippen LogP contribution is 2.34. The van der Waals surface area contributed by atoms with Gasteiger partial charge in [-0.15, -0.1) is 0 Å². The molecule has 0 spiro atoms. The Morgan fingerprint density at radius 2 is 1.82 bits per heavy atom. The molecule has 2 N–H and O–H groups in total. The van der Waals surface area contributed by atoms with Gasteiger partial charge in [-0.2, -0.15) is 13.2 Å². The van der Waals surface area contributed by atoms with Gasteiger partial charge in [0.05, 0.1) is 5.75 Å². The lowest BCUT2D eigenvalue weighted by molar-refractivity contribution is -0.136. The van der Waals surface area contributed by atoms with E-state index in [1.54, 1.807) is 0 Å². The number of halogens is 3. The third kappa shape index (κ3) is 1.34. The van der Waals surface area contributed by atoms with Crippen molar-refractivity contribution in [3.05, 3.63) is 0 Å². The monoisotopic (exact) mass is 189 g/mol. The molecule has 1 fully saturated rings. The van der Waals surface area contributed by atoms with Gasteiger partial charge in [0.15, 0.2) is 15.1 Å². The maximum absolute atomic E-state index is 11.8. The van der Waals surface area contributed by atoms with Crippen LogP contribution in [0.5, 0.6) is 0 Å². The van der Waals surface area contributed by atoms with Crippen LogP contribution < -0.4 is 5.73 Å². The molecular formula is C4H6F3NO2S. The maximum Gasteiger partial charge on any atom is 0.407 e. The van der Waals surface area contributed by atoms with Crippen molar-refractivity contribution in [3.8, 4) is 0 Å². The van der Waals surface area contributed by atoms with E-state index in [9.17, 15) is 21.6 Å². The second-order valence-electron chi connectivity index (χ2n) is 2.46. The summed E-state index contributed by atoms with van der Waals surface area (Å²) in [7, 11) is -3.98. The molecule has 2 unspecified atom stereocenters. The molecule has 0 aliphatic carbocycles. The van der Waals surface area contributed by atoms with E-state index in [-0.39, 0.29) is 0 Å². The largest absolute Gasteiger partial charge is 0.407 e. The first-order chi connectivity index (χ1) is 4.75. The Labute approximate surface area is 61.3 Å². The molecule has 0 amide bonds. The molecule has 1 aliphatic heterocycles. The van der Waals surface area contributed by atoms with Crippen LogP contribution in [-0.4, -0.2) is 31.6 Å². The molecule has 7 heteroatoms. The molecule has 1 saturated heterocycles. The summed E-state index contributed by atoms with van der Waals surface area (Å²) >= 11 is 0. The smallest absolute Gasteiger partial charge is 0.325 e. The third-order valence-electron chi connectivity index (χ3n) is 1.52. The van der Waals surface area contributed by atoms with Crippen LogP contribution in [0.2, 0.25) is 0 Å². The average Bonchev–Trinajstić information content (AvgIpc) is 1.54. The fraction of sp³-hybridized carbons (Fsp3) is 1.00. The number of nitrogens with two attached hydrogens (primary N) is 1. The average molecular weight is 189 g/mol. The Morgan fingerprint density at radius 3 is 1.91 bits per heavy atom. The van der Waals surface area contributed by atoms with E-state index in [4.69, 9.17) is 5.73 Å². The number of sulfone groups is 1. The quantitative estimate of drug-likeness (QED) is 0.567. The molecule has 2 atom stereocenters. The second-order valence-corrected chi connectivity index (χ2v) is 4.62. The van der Waals surface area contributed by atoms with Crippen molar-refractivity contribution in [2.75, 3.05) is 5.75 Å². The summed E-state index contributed by atoms with van der Waals surface area (Å²) in [6.07, 6.45) is -4.71. The Kier molecular flexibility index (Phi) is 1.68. The Hall–Kier alpha value is -0.300. The molecular weight excluding hydrogens is 183 g/mol. The SMILES string of the molecule is NC1CS(=O)(=O)C1C(F)(F)F. The lowest BCUT2D eigenvalue weighted by atomic mass is 10.2. The number of hydrogen-bond donors (Lipinski definition) is 1. The third-order valence-corrected chi connectivity index (χ3v) is 3.76. The summed E-state index contributed by atoms with van der Waals surface area (Å²) in [5, 5.41) is -2.34. The van der Waals surface area contributed by atoms with Gasteiger partial charge in [-0.25, -0.2) is 8.42 Å². The Bertz CT molecular complexity index is 257. The first-order valence-electron chi connectivity index (χ1n) is 2.79. The zero-order valence-electron chi connectivity index (χ0n) is 5.30. The van der Waals surface area contributed by atoms with Crippen molar-refractivity contribution >= 4 is 9.84 Å². The van der Waals surface area contributed by atoms with Gasteiger partial charge in [0.2, 0.25) is 0 Å². The van der Waals surface area contributed by atoms with Crippen molar-refractivity contribution in [1.82, 2.24) is 0 Å². The van der Waals surface area contributed by atoms with Gasteiger partial charge in [0.1, 0.15) is 0 Å². The predicted octanol–water partition coefficient (Wildman–Crippen LogP) is -0.327. The Balaban J connectivity index is 2.89. The molecule has 0 aromatic rings. The van der Waals surface area contributed by atoms with Crippen molar-refractivity contribution in [2.24, 2.45) is 5.73 Å². The van der Waals surface area contributed by atoms with Crippen molar-refractivity contribution in [1.29, 1.82) is 0 Å². The van der Waals surface area contributed by atoms with Gasteiger partial charge < -0.3 is 5.73 Å². The minimum absolute atomic E-state index is 0.558. The predicted molar refractivity (Wildman–Crippen MR) is 31.6 cm³/mol. The summed E-state index contributed by atoms with van der Waals surface area (Å²) < 4.78 is 56.3. The minimum atomic E-state index is -4.71. The highest BCUT2D eigenvalue weighted by atomic mass is 32.2.